The molecule has 2 aromatic heterocycles. The third-order valence-corrected chi connectivity index (χ3v) is 9.71. The van der Waals surface area contributed by atoms with Crippen molar-refractivity contribution in [3.63, 3.8) is 0 Å². The topological polar surface area (TPSA) is 184 Å². The molecule has 0 radical (unpaired) electrons. The molecule has 0 aromatic carbocycles. The Hall–Kier alpha value is -2.14. The van der Waals surface area contributed by atoms with Gasteiger partial charge in [0.25, 0.3) is 0 Å². The van der Waals surface area contributed by atoms with E-state index in [1.807, 2.05) is 0 Å². The summed E-state index contributed by atoms with van der Waals surface area (Å²) in [4.78, 5) is 42.7. The van der Waals surface area contributed by atoms with Gasteiger partial charge in [-0.1, -0.05) is 23.1 Å². The van der Waals surface area contributed by atoms with Crippen molar-refractivity contribution in [3.05, 3.63) is 11.1 Å². The minimum absolute atomic E-state index is 0.0293. The van der Waals surface area contributed by atoms with Crippen LogP contribution in [-0.4, -0.2) is 90.7 Å². The second-order valence-electron chi connectivity index (χ2n) is 7.46. The predicted octanol–water partition coefficient (Wildman–Crippen LogP) is -0.213. The molecule has 2 fully saturated rings. The smallest absolute Gasteiger partial charge is 0.313 e. The molecule has 2 aliphatic rings. The number of amides is 2. The van der Waals surface area contributed by atoms with Crippen LogP contribution < -0.4 is 16.4 Å². The van der Waals surface area contributed by atoms with Gasteiger partial charge < -0.3 is 31.5 Å². The molecular weight excluding hydrogens is 510 g/mol. The Balaban J connectivity index is 1.33. The number of thiazole rings is 1. The second-order valence-corrected chi connectivity index (χ2v) is 11.7. The van der Waals surface area contributed by atoms with Gasteiger partial charge in [-0.25, -0.2) is 4.98 Å². The van der Waals surface area contributed by atoms with Crippen molar-refractivity contribution in [2.24, 2.45) is 5.41 Å². The fourth-order valence-electron chi connectivity index (χ4n) is 3.40. The van der Waals surface area contributed by atoms with E-state index in [1.165, 1.54) is 51.1 Å². The van der Waals surface area contributed by atoms with Gasteiger partial charge in [-0.3, -0.25) is 14.4 Å². The quantitative estimate of drug-likeness (QED) is 0.201. The predicted molar refractivity (Wildman–Crippen MR) is 126 cm³/mol. The minimum Gasteiger partial charge on any atom is -0.481 e. The highest BCUT2D eigenvalue weighted by atomic mass is 32.2. The van der Waals surface area contributed by atoms with Crippen molar-refractivity contribution in [2.75, 3.05) is 42.3 Å². The van der Waals surface area contributed by atoms with Crippen LogP contribution in [0.5, 0.6) is 0 Å². The third-order valence-electron chi connectivity index (χ3n) is 5.09. The van der Waals surface area contributed by atoms with Gasteiger partial charge in [-0.2, -0.15) is 0 Å². The maximum Gasteiger partial charge on any atom is 0.313 e. The molecule has 3 atom stereocenters. The zero-order valence-electron chi connectivity index (χ0n) is 17.1. The Morgan fingerprint density at radius 1 is 1.39 bits per heavy atom. The van der Waals surface area contributed by atoms with Crippen molar-refractivity contribution >= 4 is 74.2 Å². The zero-order valence-corrected chi connectivity index (χ0v) is 20.4. The fraction of sp³-hybridized carbons (Fsp3) is 0.529. The Labute approximate surface area is 204 Å². The fourth-order valence-corrected chi connectivity index (χ4v) is 7.60. The van der Waals surface area contributed by atoms with E-state index in [0.29, 0.717) is 32.6 Å². The van der Waals surface area contributed by atoms with Gasteiger partial charge in [0.2, 0.25) is 16.9 Å². The molecule has 2 aromatic rings. The van der Waals surface area contributed by atoms with Crippen molar-refractivity contribution in [2.45, 2.75) is 22.2 Å². The zero-order chi connectivity index (χ0) is 23.6. The van der Waals surface area contributed by atoms with Crippen LogP contribution >= 0.6 is 46.2 Å². The lowest BCUT2D eigenvalue weighted by atomic mass is 9.89. The number of hydrogen-bond acceptors (Lipinski definition) is 13. The number of anilines is 2. The van der Waals surface area contributed by atoms with E-state index in [0.717, 1.165) is 0 Å². The van der Waals surface area contributed by atoms with Crippen molar-refractivity contribution in [1.29, 1.82) is 0 Å². The molecule has 4 heterocycles. The van der Waals surface area contributed by atoms with E-state index in [4.69, 9.17) is 10.8 Å². The highest BCUT2D eigenvalue weighted by Crippen LogP contribution is 2.44. The van der Waals surface area contributed by atoms with Gasteiger partial charge in [0.05, 0.1) is 18.7 Å². The Bertz CT molecular complexity index is 1050. The van der Waals surface area contributed by atoms with Gasteiger partial charge in [0.15, 0.2) is 9.47 Å². The summed E-state index contributed by atoms with van der Waals surface area (Å²) < 4.78 is 0.603. The molecule has 12 nitrogen and oxygen atoms in total. The van der Waals surface area contributed by atoms with Crippen LogP contribution in [0.15, 0.2) is 9.72 Å². The first-order valence-corrected chi connectivity index (χ1v) is 13.5. The number of thioether (sulfide) groups is 2. The number of aliphatic hydroxyl groups excluding tert-OH is 1. The van der Waals surface area contributed by atoms with E-state index in [9.17, 15) is 19.5 Å². The Morgan fingerprint density at radius 3 is 2.91 bits per heavy atom. The lowest BCUT2D eigenvalue weighted by Crippen LogP contribution is -2.74. The molecule has 16 heteroatoms. The summed E-state index contributed by atoms with van der Waals surface area (Å²) in [6.07, 6.45) is 0.0293. The number of aliphatic carboxylic acids is 1. The first-order valence-electron chi connectivity index (χ1n) is 9.77. The van der Waals surface area contributed by atoms with Gasteiger partial charge in [-0.05, 0) is 0 Å². The number of rotatable bonds is 10. The molecule has 0 spiro atoms. The van der Waals surface area contributed by atoms with Crippen LogP contribution in [0.25, 0.3) is 0 Å². The number of nitrogens with one attached hydrogen (secondary N) is 2. The van der Waals surface area contributed by atoms with Crippen LogP contribution in [0.2, 0.25) is 0 Å². The van der Waals surface area contributed by atoms with Gasteiger partial charge in [-0.15, -0.1) is 33.3 Å². The molecule has 2 aliphatic heterocycles. The molecule has 178 valence electrons. The molecule has 6 N–H and O–H groups in total. The molecule has 0 aliphatic carbocycles. The molecule has 2 amide bonds. The number of nitrogen functional groups attached to an aromatic ring is 1. The molecule has 0 saturated carbocycles. The second kappa shape index (κ2) is 10.0. The average Bonchev–Trinajstić information content (AvgIpc) is 3.42. The highest BCUT2D eigenvalue weighted by Gasteiger charge is 2.57. The lowest BCUT2D eigenvalue weighted by molar-refractivity contribution is -0.157. The summed E-state index contributed by atoms with van der Waals surface area (Å²) in [5.74, 6) is -1.08. The number of β-lactam (4-membered cyclic amide) rings is 1. The number of fused-ring (bicyclic) bond motifs is 1. The number of aromatic nitrogens is 3. The van der Waals surface area contributed by atoms with E-state index >= 15 is 0 Å². The first kappa shape index (κ1) is 24.0. The third kappa shape index (κ3) is 5.18. The summed E-state index contributed by atoms with van der Waals surface area (Å²) >= 11 is 5.15. The normalized spacial score (nSPS) is 24.2. The minimum atomic E-state index is -1.14. The number of carbonyl (C=O) groups is 3. The molecule has 2 saturated heterocycles. The maximum absolute atomic E-state index is 12.7. The van der Waals surface area contributed by atoms with E-state index in [1.54, 1.807) is 5.38 Å². The van der Waals surface area contributed by atoms with Crippen LogP contribution in [-0.2, 0) is 20.8 Å². The monoisotopic (exact) mass is 531 g/mol. The van der Waals surface area contributed by atoms with Crippen LogP contribution in [0.3, 0.4) is 0 Å². The number of carboxylic acid groups (broad SMARTS) is 1. The Kier molecular flexibility index (Phi) is 7.28. The van der Waals surface area contributed by atoms with Crippen molar-refractivity contribution in [1.82, 2.24) is 25.4 Å². The molecule has 2 unspecified atom stereocenters. The van der Waals surface area contributed by atoms with Crippen LogP contribution in [0, 0.1) is 5.41 Å². The number of hydrogen-bond donors (Lipinski definition) is 5. The van der Waals surface area contributed by atoms with Gasteiger partial charge in [0, 0.05) is 30.0 Å². The summed E-state index contributed by atoms with van der Waals surface area (Å²) in [7, 11) is 0. The molecule has 33 heavy (non-hydrogen) atoms. The largest absolute Gasteiger partial charge is 0.481 e. The maximum atomic E-state index is 12.7. The standard InChI is InChI=1S/C17H21N7O5S4/c18-14-20-8(4-30-14)3-9(26)21-10-11(27)24-5-17(13(28)29,6-31-12(10)24)7-32-16-23-22-15(33-16)19-1-2-25/h4,10,12,25H,1-3,5-7H2,(H2,18,20)(H,19,22)(H,21,26)(H,28,29)/t10?,12-,17?/m1/s1. The number of nitrogens with zero attached hydrogens (tertiary/aromatic N) is 4. The van der Waals surface area contributed by atoms with Crippen LogP contribution in [0.1, 0.15) is 5.69 Å². The van der Waals surface area contributed by atoms with Crippen molar-refractivity contribution in [3.8, 4) is 0 Å². The van der Waals surface area contributed by atoms with Gasteiger partial charge in [0.1, 0.15) is 16.8 Å². The summed E-state index contributed by atoms with van der Waals surface area (Å²) in [6, 6.07) is -0.679. The first-order chi connectivity index (χ1) is 15.8. The molecule has 0 bridgehead atoms. The highest BCUT2D eigenvalue weighted by molar-refractivity contribution is 8.01. The number of aliphatic hydroxyl groups is 1. The Morgan fingerprint density at radius 2 is 2.21 bits per heavy atom. The summed E-state index contributed by atoms with van der Waals surface area (Å²) in [5.41, 5.74) is 4.98. The summed E-state index contributed by atoms with van der Waals surface area (Å²) in [6.45, 7) is 0.381. The number of nitrogens with two attached hydrogens (primary N) is 1. The van der Waals surface area contributed by atoms with Crippen LogP contribution in [0.4, 0.5) is 10.3 Å². The molecule has 4 rings (SSSR count). The molecular formula is C17H21N7O5S4. The lowest BCUT2D eigenvalue weighted by Gasteiger charge is -2.53. The SMILES string of the molecule is Nc1nc(CC(=O)NC2C(=O)N3CC(CSc4nnc(NCCO)s4)(C(=O)O)CS[C@H]23)cs1. The number of carbonyl (C=O) groups excluding carboxylic acids is 2. The van der Waals surface area contributed by atoms with E-state index in [2.05, 4.69) is 25.8 Å². The summed E-state index contributed by atoms with van der Waals surface area (Å²) in [5, 5.41) is 34.8. The average molecular weight is 532 g/mol. The number of carboxylic acids is 1. The van der Waals surface area contributed by atoms with E-state index in [-0.39, 0.29) is 42.5 Å². The van der Waals surface area contributed by atoms with Crippen molar-refractivity contribution < 1.29 is 24.6 Å². The van der Waals surface area contributed by atoms with Gasteiger partial charge >= 0.3 is 5.97 Å². The van der Waals surface area contributed by atoms with E-state index < -0.39 is 17.4 Å².